The Morgan fingerprint density at radius 2 is 2.15 bits per heavy atom. The maximum atomic E-state index is 5.58. The highest BCUT2D eigenvalue weighted by Gasteiger charge is 2.00. The minimum atomic E-state index is 0.461. The number of hydrogen-bond donors (Lipinski definition) is 1. The minimum absolute atomic E-state index is 0.461. The van der Waals surface area contributed by atoms with E-state index in [0.717, 1.165) is 16.6 Å². The second-order valence-electron chi connectivity index (χ2n) is 3.05. The lowest BCUT2D eigenvalue weighted by molar-refractivity contribution is 0.990. The summed E-state index contributed by atoms with van der Waals surface area (Å²) < 4.78 is 0. The summed E-state index contributed by atoms with van der Waals surface area (Å²) in [5, 5.41) is 1.06. The number of nitrogens with zero attached hydrogens (tertiary/aromatic N) is 2. The van der Waals surface area contributed by atoms with Gasteiger partial charge in [0, 0.05) is 11.9 Å². The molecule has 1 aromatic carbocycles. The van der Waals surface area contributed by atoms with Crippen LogP contribution in [0, 0.1) is 6.92 Å². The Kier molecular flexibility index (Phi) is 1.94. The van der Waals surface area contributed by atoms with Crippen LogP contribution in [0.15, 0.2) is 24.5 Å². The van der Waals surface area contributed by atoms with E-state index in [1.165, 1.54) is 5.56 Å². The summed E-state index contributed by atoms with van der Waals surface area (Å²) in [6, 6.07) is 6.10. The first-order valence-corrected chi connectivity index (χ1v) is 4.21. The standard InChI is InChI=1S/C10H11N3/c1-7-2-3-9-8(4-7)10(5-11)13-6-12-9/h2-4,6H,5,11H2,1H3. The molecule has 0 atom stereocenters. The summed E-state index contributed by atoms with van der Waals surface area (Å²) in [5.74, 6) is 0. The average Bonchev–Trinajstić information content (AvgIpc) is 2.17. The predicted molar refractivity (Wildman–Crippen MR) is 52.2 cm³/mol. The van der Waals surface area contributed by atoms with Gasteiger partial charge in [0.25, 0.3) is 0 Å². The van der Waals surface area contributed by atoms with Gasteiger partial charge in [-0.2, -0.15) is 0 Å². The molecule has 0 bridgehead atoms. The lowest BCUT2D eigenvalue weighted by Crippen LogP contribution is -2.01. The van der Waals surface area contributed by atoms with Crippen LogP contribution in [0.2, 0.25) is 0 Å². The van der Waals surface area contributed by atoms with Crippen LogP contribution in [-0.2, 0) is 6.54 Å². The molecule has 66 valence electrons. The Morgan fingerprint density at radius 1 is 1.31 bits per heavy atom. The number of aryl methyl sites for hydroxylation is 1. The third-order valence-electron chi connectivity index (χ3n) is 2.07. The topological polar surface area (TPSA) is 51.8 Å². The van der Waals surface area contributed by atoms with Crippen LogP contribution in [0.25, 0.3) is 10.9 Å². The van der Waals surface area contributed by atoms with Crippen molar-refractivity contribution < 1.29 is 0 Å². The zero-order valence-electron chi connectivity index (χ0n) is 7.49. The van der Waals surface area contributed by atoms with Crippen molar-refractivity contribution in [3.05, 3.63) is 35.8 Å². The van der Waals surface area contributed by atoms with Crippen molar-refractivity contribution in [2.24, 2.45) is 5.73 Å². The Bertz CT molecular complexity index is 437. The van der Waals surface area contributed by atoms with Crippen molar-refractivity contribution in [1.82, 2.24) is 9.97 Å². The van der Waals surface area contributed by atoms with Crippen LogP contribution in [0.5, 0.6) is 0 Å². The van der Waals surface area contributed by atoms with E-state index in [2.05, 4.69) is 16.0 Å². The molecule has 0 spiro atoms. The maximum Gasteiger partial charge on any atom is 0.116 e. The van der Waals surface area contributed by atoms with Crippen molar-refractivity contribution in [2.45, 2.75) is 13.5 Å². The molecule has 0 aliphatic heterocycles. The van der Waals surface area contributed by atoms with Gasteiger partial charge in [0.05, 0.1) is 11.2 Å². The number of benzene rings is 1. The molecule has 1 aromatic heterocycles. The highest BCUT2D eigenvalue weighted by molar-refractivity contribution is 5.81. The van der Waals surface area contributed by atoms with Crippen LogP contribution >= 0.6 is 0 Å². The monoisotopic (exact) mass is 173 g/mol. The van der Waals surface area contributed by atoms with Gasteiger partial charge in [-0.3, -0.25) is 0 Å². The van der Waals surface area contributed by atoms with E-state index in [1.54, 1.807) is 6.33 Å². The van der Waals surface area contributed by atoms with Crippen LogP contribution in [0.3, 0.4) is 0 Å². The molecule has 0 fully saturated rings. The lowest BCUT2D eigenvalue weighted by Gasteiger charge is -2.02. The second kappa shape index (κ2) is 3.11. The van der Waals surface area contributed by atoms with E-state index < -0.39 is 0 Å². The summed E-state index contributed by atoms with van der Waals surface area (Å²) in [6.07, 6.45) is 1.56. The molecule has 2 N–H and O–H groups in total. The number of rotatable bonds is 1. The van der Waals surface area contributed by atoms with Gasteiger partial charge in [-0.25, -0.2) is 9.97 Å². The molecule has 2 aromatic rings. The van der Waals surface area contributed by atoms with Crippen LogP contribution in [0.4, 0.5) is 0 Å². The first-order chi connectivity index (χ1) is 6.31. The van der Waals surface area contributed by atoms with Gasteiger partial charge in [0.2, 0.25) is 0 Å². The number of hydrogen-bond acceptors (Lipinski definition) is 3. The Balaban J connectivity index is 2.79. The molecule has 0 saturated heterocycles. The van der Waals surface area contributed by atoms with Crippen molar-refractivity contribution in [3.63, 3.8) is 0 Å². The molecule has 0 aliphatic carbocycles. The zero-order valence-corrected chi connectivity index (χ0v) is 7.49. The van der Waals surface area contributed by atoms with Gasteiger partial charge >= 0.3 is 0 Å². The average molecular weight is 173 g/mol. The molecule has 0 amide bonds. The summed E-state index contributed by atoms with van der Waals surface area (Å²) in [7, 11) is 0. The smallest absolute Gasteiger partial charge is 0.116 e. The van der Waals surface area contributed by atoms with Gasteiger partial charge in [0.15, 0.2) is 0 Å². The zero-order chi connectivity index (χ0) is 9.26. The molecule has 0 radical (unpaired) electrons. The van der Waals surface area contributed by atoms with Gasteiger partial charge < -0.3 is 5.73 Å². The summed E-state index contributed by atoms with van der Waals surface area (Å²) in [5.41, 5.74) is 8.65. The quantitative estimate of drug-likeness (QED) is 0.709. The molecule has 0 unspecified atom stereocenters. The van der Waals surface area contributed by atoms with E-state index >= 15 is 0 Å². The fraction of sp³-hybridized carbons (Fsp3) is 0.200. The number of nitrogens with two attached hydrogens (primary N) is 1. The fourth-order valence-electron chi connectivity index (χ4n) is 1.39. The summed E-state index contributed by atoms with van der Waals surface area (Å²) >= 11 is 0. The first-order valence-electron chi connectivity index (χ1n) is 4.21. The Morgan fingerprint density at radius 3 is 2.92 bits per heavy atom. The predicted octanol–water partition coefficient (Wildman–Crippen LogP) is 1.40. The molecule has 2 rings (SSSR count). The first kappa shape index (κ1) is 8.13. The normalized spacial score (nSPS) is 10.6. The van der Waals surface area contributed by atoms with E-state index in [9.17, 15) is 0 Å². The second-order valence-corrected chi connectivity index (χ2v) is 3.05. The fourth-order valence-corrected chi connectivity index (χ4v) is 1.39. The molecule has 3 nitrogen and oxygen atoms in total. The van der Waals surface area contributed by atoms with Crippen molar-refractivity contribution >= 4 is 10.9 Å². The Labute approximate surface area is 76.6 Å². The summed E-state index contributed by atoms with van der Waals surface area (Å²) in [4.78, 5) is 8.29. The van der Waals surface area contributed by atoms with E-state index in [-0.39, 0.29) is 0 Å². The highest BCUT2D eigenvalue weighted by Crippen LogP contribution is 2.15. The van der Waals surface area contributed by atoms with Crippen molar-refractivity contribution in [2.75, 3.05) is 0 Å². The van der Waals surface area contributed by atoms with Gasteiger partial charge in [-0.15, -0.1) is 0 Å². The molecular weight excluding hydrogens is 162 g/mol. The van der Waals surface area contributed by atoms with Gasteiger partial charge in [0.1, 0.15) is 6.33 Å². The third kappa shape index (κ3) is 1.38. The van der Waals surface area contributed by atoms with Gasteiger partial charge in [-0.1, -0.05) is 11.6 Å². The van der Waals surface area contributed by atoms with E-state index in [0.29, 0.717) is 6.54 Å². The molecule has 0 aliphatic rings. The van der Waals surface area contributed by atoms with Crippen molar-refractivity contribution in [3.8, 4) is 0 Å². The Hall–Kier alpha value is -1.48. The molecular formula is C10H11N3. The SMILES string of the molecule is Cc1ccc2ncnc(CN)c2c1. The molecule has 3 heteroatoms. The van der Waals surface area contributed by atoms with E-state index in [4.69, 9.17) is 5.73 Å². The highest BCUT2D eigenvalue weighted by atomic mass is 14.8. The van der Waals surface area contributed by atoms with Gasteiger partial charge in [-0.05, 0) is 19.1 Å². The number of fused-ring (bicyclic) bond motifs is 1. The number of aromatic nitrogens is 2. The lowest BCUT2D eigenvalue weighted by atomic mass is 10.1. The van der Waals surface area contributed by atoms with Crippen LogP contribution in [-0.4, -0.2) is 9.97 Å². The van der Waals surface area contributed by atoms with E-state index in [1.807, 2.05) is 19.1 Å². The molecule has 13 heavy (non-hydrogen) atoms. The third-order valence-corrected chi connectivity index (χ3v) is 2.07. The van der Waals surface area contributed by atoms with Crippen LogP contribution in [0.1, 0.15) is 11.3 Å². The minimum Gasteiger partial charge on any atom is -0.325 e. The van der Waals surface area contributed by atoms with Crippen LogP contribution < -0.4 is 5.73 Å². The van der Waals surface area contributed by atoms with Crippen molar-refractivity contribution in [1.29, 1.82) is 0 Å². The maximum absolute atomic E-state index is 5.58. The molecule has 0 saturated carbocycles. The largest absolute Gasteiger partial charge is 0.325 e. The summed E-state index contributed by atoms with van der Waals surface area (Å²) in [6.45, 7) is 2.51. The molecule has 1 heterocycles.